The van der Waals surface area contributed by atoms with E-state index in [0.717, 1.165) is 10.2 Å². The number of carbonyl (C=O) groups is 1. The molecule has 0 aliphatic carbocycles. The number of benzene rings is 1. The zero-order valence-electron chi connectivity index (χ0n) is 11.6. The highest BCUT2D eigenvalue weighted by Gasteiger charge is 2.18. The second-order valence-electron chi connectivity index (χ2n) is 5.43. The molecule has 0 fully saturated rings. The zero-order chi connectivity index (χ0) is 14.6. The first-order valence-corrected chi connectivity index (χ1v) is 7.33. The maximum absolute atomic E-state index is 11.8. The molecule has 2 amide bonds. The molecule has 1 aromatic heterocycles. The van der Waals surface area contributed by atoms with E-state index in [-0.39, 0.29) is 18.1 Å². The summed E-state index contributed by atoms with van der Waals surface area (Å²) in [6.07, 6.45) is 0.647. The molecule has 0 bridgehead atoms. The Morgan fingerprint density at radius 3 is 2.85 bits per heavy atom. The number of aliphatic hydroxyl groups is 1. The molecule has 20 heavy (non-hydrogen) atoms. The van der Waals surface area contributed by atoms with E-state index in [0.29, 0.717) is 18.1 Å². The van der Waals surface area contributed by atoms with E-state index < -0.39 is 0 Å². The summed E-state index contributed by atoms with van der Waals surface area (Å²) in [5, 5.41) is 15.1. The number of nitrogens with one attached hydrogen (secondary N) is 2. The third-order valence-corrected chi connectivity index (χ3v) is 3.98. The van der Waals surface area contributed by atoms with Crippen LogP contribution in [0.2, 0.25) is 0 Å². The van der Waals surface area contributed by atoms with Crippen LogP contribution in [0.15, 0.2) is 24.3 Å². The first kappa shape index (κ1) is 14.7. The number of hydrogen-bond donors (Lipinski definition) is 3. The van der Waals surface area contributed by atoms with Crippen LogP contribution in [0.3, 0.4) is 0 Å². The number of para-hydroxylation sites is 1. The lowest BCUT2D eigenvalue weighted by Gasteiger charge is -2.23. The molecule has 0 saturated heterocycles. The fourth-order valence-electron chi connectivity index (χ4n) is 1.78. The summed E-state index contributed by atoms with van der Waals surface area (Å²) in [5.74, 6) is 0. The van der Waals surface area contributed by atoms with Crippen molar-refractivity contribution < 1.29 is 9.90 Å². The molecule has 0 atom stereocenters. The van der Waals surface area contributed by atoms with E-state index in [9.17, 15) is 4.79 Å². The molecular weight excluding hydrogens is 274 g/mol. The lowest BCUT2D eigenvalue weighted by atomic mass is 9.90. The number of hydrogen-bond acceptors (Lipinski definition) is 4. The van der Waals surface area contributed by atoms with Crippen LogP contribution in [0.25, 0.3) is 10.2 Å². The third-order valence-electron chi connectivity index (χ3n) is 3.03. The van der Waals surface area contributed by atoms with E-state index >= 15 is 0 Å². The number of thiazole rings is 1. The van der Waals surface area contributed by atoms with Gasteiger partial charge in [0, 0.05) is 13.2 Å². The Morgan fingerprint density at radius 1 is 1.40 bits per heavy atom. The Hall–Kier alpha value is -1.66. The minimum Gasteiger partial charge on any atom is -0.396 e. The second-order valence-corrected chi connectivity index (χ2v) is 6.46. The van der Waals surface area contributed by atoms with Gasteiger partial charge in [0.15, 0.2) is 5.13 Å². The van der Waals surface area contributed by atoms with Gasteiger partial charge in [-0.05, 0) is 24.0 Å². The molecule has 0 radical (unpaired) electrons. The average molecular weight is 293 g/mol. The molecular formula is C14H19N3O2S. The fourth-order valence-corrected chi connectivity index (χ4v) is 2.64. The molecule has 2 aromatic rings. The first-order chi connectivity index (χ1) is 9.50. The Labute approximate surface area is 122 Å². The summed E-state index contributed by atoms with van der Waals surface area (Å²) < 4.78 is 1.04. The molecule has 0 unspecified atom stereocenters. The highest BCUT2D eigenvalue weighted by atomic mass is 32.1. The van der Waals surface area contributed by atoms with Gasteiger partial charge in [-0.3, -0.25) is 5.32 Å². The van der Waals surface area contributed by atoms with Crippen LogP contribution in [0.4, 0.5) is 9.93 Å². The van der Waals surface area contributed by atoms with Crippen LogP contribution in [-0.4, -0.2) is 29.3 Å². The standard InChI is InChI=1S/C14H19N3O2S/c1-14(2,7-8-18)9-15-12(19)17-13-16-10-5-3-4-6-11(10)20-13/h3-6,18H,7-9H2,1-2H3,(H2,15,16,17,19). The number of anilines is 1. The van der Waals surface area contributed by atoms with Gasteiger partial charge in [-0.1, -0.05) is 37.3 Å². The van der Waals surface area contributed by atoms with Crippen molar-refractivity contribution in [1.29, 1.82) is 0 Å². The summed E-state index contributed by atoms with van der Waals surface area (Å²) in [7, 11) is 0. The van der Waals surface area contributed by atoms with Crippen LogP contribution in [0.5, 0.6) is 0 Å². The lowest BCUT2D eigenvalue weighted by Crippen LogP contribution is -2.37. The van der Waals surface area contributed by atoms with E-state index in [1.165, 1.54) is 11.3 Å². The summed E-state index contributed by atoms with van der Waals surface area (Å²) in [6.45, 7) is 4.63. The Kier molecular flexibility index (Phi) is 4.57. The van der Waals surface area contributed by atoms with E-state index in [4.69, 9.17) is 5.11 Å². The summed E-state index contributed by atoms with van der Waals surface area (Å²) >= 11 is 1.45. The number of amides is 2. The van der Waals surface area contributed by atoms with Gasteiger partial charge in [0.2, 0.25) is 0 Å². The van der Waals surface area contributed by atoms with Crippen LogP contribution in [-0.2, 0) is 0 Å². The van der Waals surface area contributed by atoms with E-state index in [1.54, 1.807) is 0 Å². The summed E-state index contributed by atoms with van der Waals surface area (Å²) in [5.41, 5.74) is 0.757. The van der Waals surface area contributed by atoms with Crippen molar-refractivity contribution in [2.24, 2.45) is 5.41 Å². The van der Waals surface area contributed by atoms with Crippen molar-refractivity contribution >= 4 is 32.7 Å². The van der Waals surface area contributed by atoms with Gasteiger partial charge >= 0.3 is 6.03 Å². The number of aliphatic hydroxyl groups excluding tert-OH is 1. The van der Waals surface area contributed by atoms with Gasteiger partial charge in [0.05, 0.1) is 10.2 Å². The van der Waals surface area contributed by atoms with Gasteiger partial charge in [-0.25, -0.2) is 9.78 Å². The Bertz CT molecular complexity index is 562. The summed E-state index contributed by atoms with van der Waals surface area (Å²) in [4.78, 5) is 16.2. The minimum absolute atomic E-state index is 0.119. The average Bonchev–Trinajstić information content (AvgIpc) is 2.78. The molecule has 1 heterocycles. The van der Waals surface area contributed by atoms with Gasteiger partial charge in [-0.2, -0.15) is 0 Å². The number of aromatic nitrogens is 1. The minimum atomic E-state index is -0.268. The maximum atomic E-state index is 11.8. The Morgan fingerprint density at radius 2 is 2.15 bits per heavy atom. The number of carbonyl (C=O) groups excluding carboxylic acids is 1. The molecule has 1 aromatic carbocycles. The van der Waals surface area contributed by atoms with Crippen molar-refractivity contribution in [2.45, 2.75) is 20.3 Å². The van der Waals surface area contributed by atoms with Gasteiger partial charge in [0.25, 0.3) is 0 Å². The topological polar surface area (TPSA) is 74.2 Å². The van der Waals surface area contributed by atoms with Gasteiger partial charge in [0.1, 0.15) is 0 Å². The molecule has 6 heteroatoms. The second kappa shape index (κ2) is 6.19. The van der Waals surface area contributed by atoms with Crippen molar-refractivity contribution in [3.8, 4) is 0 Å². The number of rotatable bonds is 5. The van der Waals surface area contributed by atoms with Crippen molar-refractivity contribution in [1.82, 2.24) is 10.3 Å². The first-order valence-electron chi connectivity index (χ1n) is 6.51. The van der Waals surface area contributed by atoms with Crippen molar-refractivity contribution in [3.05, 3.63) is 24.3 Å². The number of fused-ring (bicyclic) bond motifs is 1. The molecule has 5 nitrogen and oxygen atoms in total. The smallest absolute Gasteiger partial charge is 0.321 e. The van der Waals surface area contributed by atoms with Gasteiger partial charge < -0.3 is 10.4 Å². The van der Waals surface area contributed by atoms with Crippen LogP contribution in [0, 0.1) is 5.41 Å². The van der Waals surface area contributed by atoms with Crippen LogP contribution in [0.1, 0.15) is 20.3 Å². The van der Waals surface area contributed by atoms with Crippen molar-refractivity contribution in [2.75, 3.05) is 18.5 Å². The van der Waals surface area contributed by atoms with E-state index in [2.05, 4.69) is 15.6 Å². The molecule has 0 aliphatic rings. The molecule has 108 valence electrons. The number of urea groups is 1. The quantitative estimate of drug-likeness (QED) is 0.793. The zero-order valence-corrected chi connectivity index (χ0v) is 12.5. The highest BCUT2D eigenvalue weighted by Crippen LogP contribution is 2.25. The monoisotopic (exact) mass is 293 g/mol. The third kappa shape index (κ3) is 3.91. The summed E-state index contributed by atoms with van der Waals surface area (Å²) in [6, 6.07) is 7.49. The molecule has 3 N–H and O–H groups in total. The van der Waals surface area contributed by atoms with E-state index in [1.807, 2.05) is 38.1 Å². The largest absolute Gasteiger partial charge is 0.396 e. The predicted molar refractivity (Wildman–Crippen MR) is 82.1 cm³/mol. The Balaban J connectivity index is 1.91. The highest BCUT2D eigenvalue weighted by molar-refractivity contribution is 7.22. The molecule has 0 spiro atoms. The lowest BCUT2D eigenvalue weighted by molar-refractivity contribution is 0.204. The van der Waals surface area contributed by atoms with Gasteiger partial charge in [-0.15, -0.1) is 0 Å². The van der Waals surface area contributed by atoms with Crippen LogP contribution < -0.4 is 10.6 Å². The maximum Gasteiger partial charge on any atom is 0.321 e. The predicted octanol–water partition coefficient (Wildman–Crippen LogP) is 2.83. The normalized spacial score (nSPS) is 11.6. The molecule has 0 aliphatic heterocycles. The van der Waals surface area contributed by atoms with Crippen molar-refractivity contribution in [3.63, 3.8) is 0 Å². The SMILES string of the molecule is CC(C)(CCO)CNC(=O)Nc1nc2ccccc2s1. The molecule has 2 rings (SSSR count). The fraction of sp³-hybridized carbons (Fsp3) is 0.429. The van der Waals surface area contributed by atoms with Crippen LogP contribution >= 0.6 is 11.3 Å². The number of nitrogens with zero attached hydrogens (tertiary/aromatic N) is 1. The molecule has 0 saturated carbocycles.